The van der Waals surface area contributed by atoms with Crippen LogP contribution in [0.4, 0.5) is 0 Å². The molecule has 1 atom stereocenters. The molecule has 4 heteroatoms. The Labute approximate surface area is 113 Å². The lowest BCUT2D eigenvalue weighted by atomic mass is 10.0. The van der Waals surface area contributed by atoms with Crippen LogP contribution < -0.4 is 10.1 Å². The van der Waals surface area contributed by atoms with Crippen LogP contribution >= 0.6 is 11.6 Å². The number of hydrogen-bond donors (Lipinski definition) is 1. The van der Waals surface area contributed by atoms with Gasteiger partial charge in [-0.15, -0.1) is 11.6 Å². The Morgan fingerprint density at radius 2 is 2.17 bits per heavy atom. The van der Waals surface area contributed by atoms with Gasteiger partial charge in [0.1, 0.15) is 5.75 Å². The Hall–Kier alpha value is -1.22. The molecule has 1 rings (SSSR count). The van der Waals surface area contributed by atoms with E-state index in [0.29, 0.717) is 18.7 Å². The lowest BCUT2D eigenvalue weighted by Crippen LogP contribution is -2.28. The third-order valence-electron chi connectivity index (χ3n) is 2.80. The Kier molecular flexibility index (Phi) is 6.58. The molecule has 0 heterocycles. The van der Waals surface area contributed by atoms with E-state index in [9.17, 15) is 4.79 Å². The maximum atomic E-state index is 11.7. The smallest absolute Gasteiger partial charge is 0.220 e. The summed E-state index contributed by atoms with van der Waals surface area (Å²) in [5.41, 5.74) is 1.02. The molecule has 0 spiro atoms. The van der Waals surface area contributed by atoms with E-state index in [4.69, 9.17) is 16.3 Å². The first-order valence-corrected chi connectivity index (χ1v) is 6.74. The van der Waals surface area contributed by atoms with Crippen LogP contribution in [-0.4, -0.2) is 18.9 Å². The number of carbonyl (C=O) groups is 1. The third kappa shape index (κ3) is 4.22. The molecule has 0 fully saturated rings. The molecule has 1 unspecified atom stereocenters. The molecule has 0 aliphatic rings. The van der Waals surface area contributed by atoms with Crippen molar-refractivity contribution in [1.29, 1.82) is 0 Å². The number of halogens is 1. The zero-order chi connectivity index (χ0) is 13.4. The van der Waals surface area contributed by atoms with Crippen molar-refractivity contribution in [1.82, 2.24) is 5.32 Å². The highest BCUT2D eigenvalue weighted by Crippen LogP contribution is 2.26. The van der Waals surface area contributed by atoms with Crippen molar-refractivity contribution in [2.24, 2.45) is 0 Å². The fourth-order valence-corrected chi connectivity index (χ4v) is 1.98. The van der Waals surface area contributed by atoms with E-state index >= 15 is 0 Å². The molecule has 0 saturated carbocycles. The molecule has 18 heavy (non-hydrogen) atoms. The van der Waals surface area contributed by atoms with Crippen molar-refractivity contribution in [2.45, 2.75) is 32.2 Å². The van der Waals surface area contributed by atoms with Crippen molar-refractivity contribution >= 4 is 17.5 Å². The molecular weight excluding hydrogens is 250 g/mol. The molecule has 1 N–H and O–H groups in total. The number of para-hydroxylation sites is 1. The van der Waals surface area contributed by atoms with Gasteiger partial charge in [0.05, 0.1) is 13.2 Å². The SMILES string of the molecule is CCC(NC(=O)CCCCl)c1ccccc1OC. The van der Waals surface area contributed by atoms with E-state index in [0.717, 1.165) is 17.7 Å². The first kappa shape index (κ1) is 14.8. The minimum Gasteiger partial charge on any atom is -0.496 e. The second-order valence-corrected chi connectivity index (χ2v) is 4.44. The van der Waals surface area contributed by atoms with Gasteiger partial charge in [-0.05, 0) is 18.9 Å². The van der Waals surface area contributed by atoms with Gasteiger partial charge in [0.25, 0.3) is 0 Å². The standard InChI is InChI=1S/C14H20ClNO2/c1-3-12(16-14(17)9-6-10-15)11-7-4-5-8-13(11)18-2/h4-5,7-8,12H,3,6,9-10H2,1-2H3,(H,16,17). The molecule has 3 nitrogen and oxygen atoms in total. The Morgan fingerprint density at radius 1 is 1.44 bits per heavy atom. The lowest BCUT2D eigenvalue weighted by molar-refractivity contribution is -0.121. The number of carbonyl (C=O) groups excluding carboxylic acids is 1. The van der Waals surface area contributed by atoms with Gasteiger partial charge in [0.15, 0.2) is 0 Å². The topological polar surface area (TPSA) is 38.3 Å². The van der Waals surface area contributed by atoms with Gasteiger partial charge in [-0.2, -0.15) is 0 Å². The molecule has 0 aromatic heterocycles. The normalized spacial score (nSPS) is 11.9. The van der Waals surface area contributed by atoms with Gasteiger partial charge in [-0.25, -0.2) is 0 Å². The predicted octanol–water partition coefficient (Wildman–Crippen LogP) is 3.28. The van der Waals surface area contributed by atoms with E-state index < -0.39 is 0 Å². The summed E-state index contributed by atoms with van der Waals surface area (Å²) in [5, 5.41) is 3.01. The monoisotopic (exact) mass is 269 g/mol. The first-order chi connectivity index (χ1) is 8.72. The zero-order valence-electron chi connectivity index (χ0n) is 10.9. The maximum absolute atomic E-state index is 11.7. The number of hydrogen-bond acceptors (Lipinski definition) is 2. The van der Waals surface area contributed by atoms with Crippen LogP contribution in [0.1, 0.15) is 37.8 Å². The van der Waals surface area contributed by atoms with Crippen LogP contribution in [0.25, 0.3) is 0 Å². The van der Waals surface area contributed by atoms with E-state index in [1.54, 1.807) is 7.11 Å². The maximum Gasteiger partial charge on any atom is 0.220 e. The van der Waals surface area contributed by atoms with Crippen molar-refractivity contribution in [3.05, 3.63) is 29.8 Å². The third-order valence-corrected chi connectivity index (χ3v) is 3.06. The molecular formula is C14H20ClNO2. The predicted molar refractivity (Wildman–Crippen MR) is 74.1 cm³/mol. The molecule has 1 aromatic rings. The van der Waals surface area contributed by atoms with Crippen LogP contribution in [0.2, 0.25) is 0 Å². The number of amides is 1. The molecule has 0 bridgehead atoms. The molecule has 0 radical (unpaired) electrons. The van der Waals surface area contributed by atoms with Crippen molar-refractivity contribution in [2.75, 3.05) is 13.0 Å². The van der Waals surface area contributed by atoms with Gasteiger partial charge < -0.3 is 10.1 Å². The minimum absolute atomic E-state index is 0.0102. The number of alkyl halides is 1. The second-order valence-electron chi connectivity index (χ2n) is 4.06. The average Bonchev–Trinajstić information content (AvgIpc) is 2.42. The minimum atomic E-state index is -0.0102. The van der Waals surface area contributed by atoms with E-state index in [-0.39, 0.29) is 11.9 Å². The molecule has 1 aromatic carbocycles. The zero-order valence-corrected chi connectivity index (χ0v) is 11.7. The summed E-state index contributed by atoms with van der Waals surface area (Å²) in [6.45, 7) is 2.04. The van der Waals surface area contributed by atoms with Gasteiger partial charge in [-0.3, -0.25) is 4.79 Å². The number of nitrogens with one attached hydrogen (secondary N) is 1. The Bertz CT molecular complexity index is 382. The molecule has 0 aliphatic carbocycles. The number of ether oxygens (including phenoxy) is 1. The second kappa shape index (κ2) is 7.98. The van der Waals surface area contributed by atoms with Gasteiger partial charge >= 0.3 is 0 Å². The van der Waals surface area contributed by atoms with Crippen molar-refractivity contribution in [3.8, 4) is 5.75 Å². The highest BCUT2D eigenvalue weighted by atomic mass is 35.5. The summed E-state index contributed by atoms with van der Waals surface area (Å²) < 4.78 is 5.32. The molecule has 100 valence electrons. The Morgan fingerprint density at radius 3 is 2.78 bits per heavy atom. The van der Waals surface area contributed by atoms with Crippen LogP contribution in [-0.2, 0) is 4.79 Å². The Balaban J connectivity index is 2.73. The fraction of sp³-hybridized carbons (Fsp3) is 0.500. The molecule has 0 saturated heterocycles. The lowest BCUT2D eigenvalue weighted by Gasteiger charge is -2.19. The van der Waals surface area contributed by atoms with Crippen LogP contribution in [0, 0.1) is 0 Å². The van der Waals surface area contributed by atoms with Crippen LogP contribution in [0.5, 0.6) is 5.75 Å². The van der Waals surface area contributed by atoms with Gasteiger partial charge in [0.2, 0.25) is 5.91 Å². The number of benzene rings is 1. The van der Waals surface area contributed by atoms with Gasteiger partial charge in [-0.1, -0.05) is 25.1 Å². The highest BCUT2D eigenvalue weighted by Gasteiger charge is 2.15. The summed E-state index contributed by atoms with van der Waals surface area (Å²) in [6, 6.07) is 7.75. The summed E-state index contributed by atoms with van der Waals surface area (Å²) >= 11 is 5.58. The number of methoxy groups -OCH3 is 1. The average molecular weight is 270 g/mol. The largest absolute Gasteiger partial charge is 0.496 e. The summed E-state index contributed by atoms with van der Waals surface area (Å²) in [5.74, 6) is 1.36. The highest BCUT2D eigenvalue weighted by molar-refractivity contribution is 6.17. The molecule has 1 amide bonds. The van der Waals surface area contributed by atoms with Gasteiger partial charge in [0, 0.05) is 17.9 Å². The summed E-state index contributed by atoms with van der Waals surface area (Å²) in [6.07, 6.45) is 2.00. The van der Waals surface area contributed by atoms with E-state index in [1.165, 1.54) is 0 Å². The number of rotatable bonds is 7. The molecule has 0 aliphatic heterocycles. The summed E-state index contributed by atoms with van der Waals surface area (Å²) in [4.78, 5) is 11.7. The quantitative estimate of drug-likeness (QED) is 0.772. The van der Waals surface area contributed by atoms with Crippen molar-refractivity contribution < 1.29 is 9.53 Å². The van der Waals surface area contributed by atoms with E-state index in [2.05, 4.69) is 5.32 Å². The fourth-order valence-electron chi connectivity index (χ4n) is 1.85. The van der Waals surface area contributed by atoms with Crippen LogP contribution in [0.3, 0.4) is 0 Å². The van der Waals surface area contributed by atoms with E-state index in [1.807, 2.05) is 31.2 Å². The van der Waals surface area contributed by atoms with Crippen molar-refractivity contribution in [3.63, 3.8) is 0 Å². The first-order valence-electron chi connectivity index (χ1n) is 6.21. The van der Waals surface area contributed by atoms with Crippen LogP contribution in [0.15, 0.2) is 24.3 Å². The summed E-state index contributed by atoms with van der Waals surface area (Å²) in [7, 11) is 1.64.